The van der Waals surface area contributed by atoms with Gasteiger partial charge >= 0.3 is 6.18 Å². The Bertz CT molecular complexity index is 859. The maximum absolute atomic E-state index is 12.6. The molecule has 130 valence electrons. The number of alkyl halides is 3. The van der Waals surface area contributed by atoms with Crippen molar-refractivity contribution < 1.29 is 17.9 Å². The SMILES string of the molecule is COc1cccc([C@@H](N)c2nc(-c3ccc(C(F)(F)F)cc3)n[nH]2)c1. The van der Waals surface area contributed by atoms with Crippen molar-refractivity contribution in [2.24, 2.45) is 5.73 Å². The second kappa shape index (κ2) is 6.56. The van der Waals surface area contributed by atoms with Gasteiger partial charge in [0.25, 0.3) is 0 Å². The summed E-state index contributed by atoms with van der Waals surface area (Å²) in [5.74, 6) is 1.35. The van der Waals surface area contributed by atoms with Crippen LogP contribution >= 0.6 is 0 Å². The molecule has 0 saturated heterocycles. The molecule has 0 aliphatic rings. The van der Waals surface area contributed by atoms with Gasteiger partial charge in [-0.1, -0.05) is 24.3 Å². The van der Waals surface area contributed by atoms with Gasteiger partial charge in [-0.15, -0.1) is 0 Å². The number of rotatable bonds is 4. The molecule has 1 aromatic heterocycles. The number of H-pyrrole nitrogens is 1. The normalized spacial score (nSPS) is 12.8. The lowest BCUT2D eigenvalue weighted by Crippen LogP contribution is -2.13. The second-order valence-electron chi connectivity index (χ2n) is 5.37. The molecular formula is C17H15F3N4O. The van der Waals surface area contributed by atoms with E-state index in [0.717, 1.165) is 17.7 Å². The number of aromatic amines is 1. The van der Waals surface area contributed by atoms with Gasteiger partial charge in [-0.3, -0.25) is 5.10 Å². The number of halogens is 3. The van der Waals surface area contributed by atoms with Crippen molar-refractivity contribution in [2.45, 2.75) is 12.2 Å². The molecular weight excluding hydrogens is 333 g/mol. The summed E-state index contributed by atoms with van der Waals surface area (Å²) in [4.78, 5) is 4.29. The van der Waals surface area contributed by atoms with E-state index in [9.17, 15) is 13.2 Å². The average Bonchev–Trinajstić information content (AvgIpc) is 3.10. The molecule has 1 heterocycles. The standard InChI is InChI=1S/C17H15F3N4O/c1-25-13-4-2-3-11(9-13)14(21)16-22-15(23-24-16)10-5-7-12(8-6-10)17(18,19)20/h2-9,14H,21H2,1H3,(H,22,23,24)/t14-/m1/s1. The topological polar surface area (TPSA) is 76.8 Å². The molecule has 1 atom stereocenters. The summed E-state index contributed by atoms with van der Waals surface area (Å²) < 4.78 is 43.0. The molecule has 0 radical (unpaired) electrons. The van der Waals surface area contributed by atoms with Gasteiger partial charge in [0.15, 0.2) is 5.82 Å². The summed E-state index contributed by atoms with van der Waals surface area (Å²) in [6.07, 6.45) is -4.38. The monoisotopic (exact) mass is 348 g/mol. The quantitative estimate of drug-likeness (QED) is 0.756. The lowest BCUT2D eigenvalue weighted by molar-refractivity contribution is -0.137. The molecule has 3 N–H and O–H groups in total. The number of nitrogens with two attached hydrogens (primary N) is 1. The van der Waals surface area contributed by atoms with E-state index in [0.29, 0.717) is 17.1 Å². The molecule has 0 aliphatic heterocycles. The number of methoxy groups -OCH3 is 1. The van der Waals surface area contributed by atoms with Crippen LogP contribution in [0.5, 0.6) is 5.75 Å². The fraction of sp³-hybridized carbons (Fsp3) is 0.176. The number of nitrogens with zero attached hydrogens (tertiary/aromatic N) is 2. The number of aromatic nitrogens is 3. The molecule has 3 rings (SSSR count). The predicted molar refractivity (Wildman–Crippen MR) is 85.8 cm³/mol. The van der Waals surface area contributed by atoms with Crippen molar-refractivity contribution in [1.82, 2.24) is 15.2 Å². The van der Waals surface area contributed by atoms with Crippen LogP contribution in [0.25, 0.3) is 11.4 Å². The van der Waals surface area contributed by atoms with Gasteiger partial charge < -0.3 is 10.5 Å². The Morgan fingerprint density at radius 1 is 1.12 bits per heavy atom. The van der Waals surface area contributed by atoms with Gasteiger partial charge in [0, 0.05) is 5.56 Å². The van der Waals surface area contributed by atoms with E-state index >= 15 is 0 Å². The summed E-state index contributed by atoms with van der Waals surface area (Å²) in [5.41, 5.74) is 6.69. The van der Waals surface area contributed by atoms with Crippen LogP contribution in [0.1, 0.15) is 23.0 Å². The lowest BCUT2D eigenvalue weighted by Gasteiger charge is -2.10. The van der Waals surface area contributed by atoms with Crippen molar-refractivity contribution in [3.63, 3.8) is 0 Å². The van der Waals surface area contributed by atoms with E-state index in [1.165, 1.54) is 12.1 Å². The van der Waals surface area contributed by atoms with E-state index in [-0.39, 0.29) is 5.82 Å². The Kier molecular flexibility index (Phi) is 4.45. The van der Waals surface area contributed by atoms with Crippen LogP contribution < -0.4 is 10.5 Å². The highest BCUT2D eigenvalue weighted by atomic mass is 19.4. The molecule has 3 aromatic rings. The molecule has 25 heavy (non-hydrogen) atoms. The van der Waals surface area contributed by atoms with E-state index < -0.39 is 17.8 Å². The first kappa shape index (κ1) is 17.0. The minimum Gasteiger partial charge on any atom is -0.497 e. The fourth-order valence-electron chi connectivity index (χ4n) is 2.34. The molecule has 2 aromatic carbocycles. The van der Waals surface area contributed by atoms with Crippen molar-refractivity contribution in [1.29, 1.82) is 0 Å². The number of ether oxygens (including phenoxy) is 1. The Balaban J connectivity index is 1.84. The smallest absolute Gasteiger partial charge is 0.416 e. The largest absolute Gasteiger partial charge is 0.497 e. The van der Waals surface area contributed by atoms with Gasteiger partial charge in [-0.25, -0.2) is 4.98 Å². The summed E-state index contributed by atoms with van der Waals surface area (Å²) >= 11 is 0. The maximum atomic E-state index is 12.6. The van der Waals surface area contributed by atoms with Crippen molar-refractivity contribution >= 4 is 0 Å². The minimum absolute atomic E-state index is 0.280. The Morgan fingerprint density at radius 2 is 1.84 bits per heavy atom. The lowest BCUT2D eigenvalue weighted by atomic mass is 10.1. The van der Waals surface area contributed by atoms with E-state index in [1.807, 2.05) is 6.07 Å². The fourth-order valence-corrected chi connectivity index (χ4v) is 2.34. The molecule has 0 unspecified atom stereocenters. The second-order valence-corrected chi connectivity index (χ2v) is 5.37. The molecule has 0 bridgehead atoms. The van der Waals surface area contributed by atoms with Crippen LogP contribution in [0.3, 0.4) is 0 Å². The number of nitrogens with one attached hydrogen (secondary N) is 1. The van der Waals surface area contributed by atoms with E-state index in [1.54, 1.807) is 25.3 Å². The first-order valence-corrected chi connectivity index (χ1v) is 7.38. The first-order valence-electron chi connectivity index (χ1n) is 7.38. The predicted octanol–water partition coefficient (Wildman–Crippen LogP) is 3.55. The summed E-state index contributed by atoms with van der Waals surface area (Å²) in [6, 6.07) is 11.3. The van der Waals surface area contributed by atoms with Gasteiger partial charge in [0.05, 0.1) is 18.7 Å². The molecule has 0 saturated carbocycles. The summed E-state index contributed by atoms with van der Waals surface area (Å²) in [7, 11) is 1.56. The highest BCUT2D eigenvalue weighted by Crippen LogP contribution is 2.30. The van der Waals surface area contributed by atoms with Crippen LogP contribution in [0, 0.1) is 0 Å². The highest BCUT2D eigenvalue weighted by molar-refractivity contribution is 5.55. The maximum Gasteiger partial charge on any atom is 0.416 e. The average molecular weight is 348 g/mol. The van der Waals surface area contributed by atoms with Gasteiger partial charge in [0.1, 0.15) is 11.6 Å². The minimum atomic E-state index is -4.38. The van der Waals surface area contributed by atoms with Crippen LogP contribution in [0.2, 0.25) is 0 Å². The molecule has 8 heteroatoms. The van der Waals surface area contributed by atoms with E-state index in [2.05, 4.69) is 15.2 Å². The van der Waals surface area contributed by atoms with Crippen molar-refractivity contribution in [3.8, 4) is 17.1 Å². The third kappa shape index (κ3) is 3.63. The molecule has 0 fully saturated rings. The van der Waals surface area contributed by atoms with Gasteiger partial charge in [-0.2, -0.15) is 18.3 Å². The van der Waals surface area contributed by atoms with Crippen LogP contribution in [-0.4, -0.2) is 22.3 Å². The third-order valence-electron chi connectivity index (χ3n) is 3.72. The Morgan fingerprint density at radius 3 is 2.48 bits per heavy atom. The van der Waals surface area contributed by atoms with E-state index in [4.69, 9.17) is 10.5 Å². The van der Waals surface area contributed by atoms with Gasteiger partial charge in [-0.05, 0) is 29.8 Å². The number of hydrogen-bond donors (Lipinski definition) is 2. The van der Waals surface area contributed by atoms with Crippen LogP contribution in [0.4, 0.5) is 13.2 Å². The summed E-state index contributed by atoms with van der Waals surface area (Å²) in [6.45, 7) is 0. The third-order valence-corrected chi connectivity index (χ3v) is 3.72. The van der Waals surface area contributed by atoms with Crippen LogP contribution in [-0.2, 0) is 6.18 Å². The zero-order valence-electron chi connectivity index (χ0n) is 13.2. The summed E-state index contributed by atoms with van der Waals surface area (Å²) in [5, 5.41) is 6.77. The molecule has 0 aliphatic carbocycles. The van der Waals surface area contributed by atoms with Crippen molar-refractivity contribution in [2.75, 3.05) is 7.11 Å². The Labute approximate surface area is 141 Å². The number of hydrogen-bond acceptors (Lipinski definition) is 4. The molecule has 5 nitrogen and oxygen atoms in total. The number of benzene rings is 2. The van der Waals surface area contributed by atoms with Crippen molar-refractivity contribution in [3.05, 3.63) is 65.5 Å². The molecule has 0 spiro atoms. The molecule has 0 amide bonds. The Hall–Kier alpha value is -2.87. The zero-order valence-corrected chi connectivity index (χ0v) is 13.2. The van der Waals surface area contributed by atoms with Gasteiger partial charge in [0.2, 0.25) is 0 Å². The van der Waals surface area contributed by atoms with Crippen LogP contribution in [0.15, 0.2) is 48.5 Å². The highest BCUT2D eigenvalue weighted by Gasteiger charge is 2.30. The zero-order chi connectivity index (χ0) is 18.0. The first-order chi connectivity index (χ1) is 11.9.